The maximum atomic E-state index is 12.9. The predicted molar refractivity (Wildman–Crippen MR) is 112 cm³/mol. The zero-order valence-electron chi connectivity index (χ0n) is 17.3. The van der Waals surface area contributed by atoms with Crippen molar-refractivity contribution in [2.24, 2.45) is 0 Å². The largest absolute Gasteiger partial charge is 0.479 e. The smallest absolute Gasteiger partial charge is 0.322 e. The molecular weight excluding hydrogens is 380 g/mol. The van der Waals surface area contributed by atoms with Gasteiger partial charge in [0.15, 0.2) is 0 Å². The Morgan fingerprint density at radius 3 is 2.63 bits per heavy atom. The van der Waals surface area contributed by atoms with Crippen LogP contribution in [0.2, 0.25) is 0 Å². The molecule has 1 aromatic heterocycles. The Hall–Kier alpha value is -3.18. The van der Waals surface area contributed by atoms with Crippen LogP contribution in [0.1, 0.15) is 44.0 Å². The van der Waals surface area contributed by atoms with Crippen molar-refractivity contribution in [1.82, 2.24) is 20.6 Å². The van der Waals surface area contributed by atoms with Crippen LogP contribution in [0.5, 0.6) is 5.88 Å². The second kappa shape index (κ2) is 7.92. The Balaban J connectivity index is 1.56. The number of ether oxygens (including phenoxy) is 1. The van der Waals surface area contributed by atoms with Crippen LogP contribution in [0.25, 0.3) is 0 Å². The van der Waals surface area contributed by atoms with Crippen LogP contribution in [0.4, 0.5) is 10.5 Å². The van der Waals surface area contributed by atoms with Crippen LogP contribution in [0.3, 0.4) is 0 Å². The Morgan fingerprint density at radius 1 is 1.27 bits per heavy atom. The summed E-state index contributed by atoms with van der Waals surface area (Å²) in [7, 11) is 1.47. The second-order valence-electron chi connectivity index (χ2n) is 7.98. The maximum Gasteiger partial charge on any atom is 0.322 e. The first-order valence-corrected chi connectivity index (χ1v) is 10.3. The van der Waals surface area contributed by atoms with Gasteiger partial charge in [0.05, 0.1) is 25.4 Å². The number of amides is 2. The van der Waals surface area contributed by atoms with Gasteiger partial charge in [-0.15, -0.1) is 0 Å². The minimum atomic E-state index is -0.302. The van der Waals surface area contributed by atoms with Crippen molar-refractivity contribution in [2.45, 2.75) is 43.7 Å². The summed E-state index contributed by atoms with van der Waals surface area (Å²) in [5.41, 5.74) is 1.40. The molecule has 1 spiro atoms. The van der Waals surface area contributed by atoms with Gasteiger partial charge >= 0.3 is 6.03 Å². The van der Waals surface area contributed by atoms with Crippen molar-refractivity contribution in [3.63, 3.8) is 0 Å². The molecule has 2 amide bonds. The molecule has 0 unspecified atom stereocenters. The van der Waals surface area contributed by atoms with E-state index in [1.54, 1.807) is 4.90 Å². The number of hydrogen-bond acceptors (Lipinski definition) is 6. The summed E-state index contributed by atoms with van der Waals surface area (Å²) >= 11 is 0. The van der Waals surface area contributed by atoms with E-state index < -0.39 is 0 Å². The number of nitriles is 1. The van der Waals surface area contributed by atoms with Gasteiger partial charge in [0.25, 0.3) is 0 Å². The number of carbonyl (C=O) groups excluding carboxylic acids is 1. The molecule has 2 aliphatic rings. The normalized spacial score (nSPS) is 25.8. The molecule has 2 heterocycles. The van der Waals surface area contributed by atoms with Gasteiger partial charge in [-0.25, -0.2) is 9.78 Å². The van der Waals surface area contributed by atoms with Crippen molar-refractivity contribution in [2.75, 3.05) is 25.1 Å². The fraction of sp³-hybridized carbons (Fsp3) is 0.455. The monoisotopic (exact) mass is 406 g/mol. The topological polar surface area (TPSA) is 103 Å². The highest BCUT2D eigenvalue weighted by molar-refractivity contribution is 5.96. The van der Waals surface area contributed by atoms with Gasteiger partial charge in [0, 0.05) is 5.54 Å². The molecule has 1 aliphatic carbocycles. The van der Waals surface area contributed by atoms with E-state index in [1.165, 1.54) is 18.9 Å². The first kappa shape index (κ1) is 20.1. The highest BCUT2D eigenvalue weighted by atomic mass is 16.5. The van der Waals surface area contributed by atoms with Crippen molar-refractivity contribution >= 4 is 11.7 Å². The van der Waals surface area contributed by atoms with Crippen LogP contribution in [-0.2, 0) is 5.54 Å². The lowest BCUT2D eigenvalue weighted by Gasteiger charge is -2.45. The van der Waals surface area contributed by atoms with Gasteiger partial charge in [0.2, 0.25) is 11.7 Å². The summed E-state index contributed by atoms with van der Waals surface area (Å²) in [6, 6.07) is 12.3. The zero-order valence-corrected chi connectivity index (χ0v) is 17.3. The van der Waals surface area contributed by atoms with E-state index in [9.17, 15) is 4.79 Å². The highest BCUT2D eigenvalue weighted by Gasteiger charge is 2.49. The molecule has 1 saturated heterocycles. The molecule has 156 valence electrons. The molecule has 2 N–H and O–H groups in total. The molecule has 2 fully saturated rings. The molecule has 0 atom stereocenters. The van der Waals surface area contributed by atoms with Crippen LogP contribution < -0.4 is 20.3 Å². The van der Waals surface area contributed by atoms with Crippen molar-refractivity contribution in [3.05, 3.63) is 47.9 Å². The Labute approximate surface area is 176 Å². The van der Waals surface area contributed by atoms with Gasteiger partial charge in [-0.1, -0.05) is 37.3 Å². The van der Waals surface area contributed by atoms with Gasteiger partial charge < -0.3 is 15.4 Å². The molecule has 1 aromatic carbocycles. The highest BCUT2D eigenvalue weighted by Crippen LogP contribution is 2.44. The lowest BCUT2D eigenvalue weighted by Crippen LogP contribution is -2.54. The summed E-state index contributed by atoms with van der Waals surface area (Å²) in [6.45, 7) is 3.54. The number of anilines is 1. The molecule has 0 bridgehead atoms. The van der Waals surface area contributed by atoms with E-state index in [4.69, 9.17) is 10.00 Å². The van der Waals surface area contributed by atoms with Gasteiger partial charge in [-0.3, -0.25) is 4.90 Å². The van der Waals surface area contributed by atoms with E-state index in [0.717, 1.165) is 32.2 Å². The fourth-order valence-corrected chi connectivity index (χ4v) is 4.75. The molecule has 30 heavy (non-hydrogen) atoms. The van der Waals surface area contributed by atoms with E-state index in [2.05, 4.69) is 51.8 Å². The van der Waals surface area contributed by atoms with Gasteiger partial charge in [-0.2, -0.15) is 10.2 Å². The van der Waals surface area contributed by atoms with Crippen LogP contribution >= 0.6 is 0 Å². The number of nitrogens with one attached hydrogen (secondary N) is 2. The first-order chi connectivity index (χ1) is 14.5. The standard InChI is InChI=1S/C22H26N6O2/c1-3-25-22(16-7-5-4-6-8-16)11-9-21(10-12-22)15-28(20(29)27-21)17-14-24-18(13-23)26-19(17)30-2/h4-8,14,25H,3,9-12,15H2,1-2H3,(H,27,29)/t21-,22-. The lowest BCUT2D eigenvalue weighted by molar-refractivity contribution is 0.161. The number of nitrogens with zero attached hydrogens (tertiary/aromatic N) is 4. The number of urea groups is 1. The zero-order chi connectivity index (χ0) is 21.2. The second-order valence-corrected chi connectivity index (χ2v) is 7.98. The Morgan fingerprint density at radius 2 is 2.00 bits per heavy atom. The average molecular weight is 406 g/mol. The minimum Gasteiger partial charge on any atom is -0.479 e. The van der Waals surface area contributed by atoms with E-state index in [1.807, 2.05) is 12.1 Å². The van der Waals surface area contributed by atoms with Crippen molar-refractivity contribution in [1.29, 1.82) is 5.26 Å². The average Bonchev–Trinajstić information content (AvgIpc) is 3.11. The van der Waals surface area contributed by atoms with E-state index in [-0.39, 0.29) is 28.8 Å². The number of benzene rings is 1. The molecule has 4 rings (SSSR count). The summed E-state index contributed by atoms with van der Waals surface area (Å²) in [5, 5.41) is 15.9. The van der Waals surface area contributed by atoms with Crippen LogP contribution in [0, 0.1) is 11.3 Å². The first-order valence-electron chi connectivity index (χ1n) is 10.3. The molecule has 1 saturated carbocycles. The third kappa shape index (κ3) is 3.46. The van der Waals surface area contributed by atoms with Crippen LogP contribution in [0.15, 0.2) is 36.5 Å². The summed E-state index contributed by atoms with van der Waals surface area (Å²) in [4.78, 5) is 22.6. The SMILES string of the molecule is CCN[C@]1(c2ccccc2)CC[C@@]2(CC1)CN(c1cnc(C#N)nc1OC)C(=O)N2. The predicted octanol–water partition coefficient (Wildman–Crippen LogP) is 2.70. The number of hydrogen-bond donors (Lipinski definition) is 2. The Bertz CT molecular complexity index is 963. The summed E-state index contributed by atoms with van der Waals surface area (Å²) in [5.74, 6) is 0.247. The number of carbonyl (C=O) groups is 1. The van der Waals surface area contributed by atoms with Crippen LogP contribution in [-0.4, -0.2) is 41.7 Å². The number of aromatic nitrogens is 2. The number of rotatable bonds is 5. The lowest BCUT2D eigenvalue weighted by atomic mass is 9.69. The van der Waals surface area contributed by atoms with E-state index in [0.29, 0.717) is 12.2 Å². The van der Waals surface area contributed by atoms with Gasteiger partial charge in [-0.05, 0) is 37.8 Å². The Kier molecular flexibility index (Phi) is 5.31. The molecule has 1 aliphatic heterocycles. The molecule has 8 nitrogen and oxygen atoms in total. The minimum absolute atomic E-state index is 0.0147. The van der Waals surface area contributed by atoms with Crippen molar-refractivity contribution < 1.29 is 9.53 Å². The number of methoxy groups -OCH3 is 1. The van der Waals surface area contributed by atoms with Gasteiger partial charge in [0.1, 0.15) is 11.8 Å². The van der Waals surface area contributed by atoms with E-state index >= 15 is 0 Å². The molecule has 8 heteroatoms. The third-order valence-electron chi connectivity index (χ3n) is 6.30. The third-order valence-corrected chi connectivity index (χ3v) is 6.30. The molecular formula is C22H26N6O2. The summed E-state index contributed by atoms with van der Waals surface area (Å²) in [6.07, 6.45) is 5.06. The fourth-order valence-electron chi connectivity index (χ4n) is 4.75. The maximum absolute atomic E-state index is 12.9. The molecule has 2 aromatic rings. The quantitative estimate of drug-likeness (QED) is 0.791. The summed E-state index contributed by atoms with van der Waals surface area (Å²) < 4.78 is 5.31. The molecule has 0 radical (unpaired) electrons. The van der Waals surface area contributed by atoms with Crippen molar-refractivity contribution in [3.8, 4) is 11.9 Å².